The Kier molecular flexibility index (Phi) is 5.98. The lowest BCUT2D eigenvalue weighted by molar-refractivity contribution is 0.553. The maximum absolute atomic E-state index is 14.2. The first kappa shape index (κ1) is 14.8. The molecule has 4 nitrogen and oxygen atoms in total. The standard InChI is InChI=1S/C13H23FN4/c1-4-11-12(14)13(17-9-16-11)18(7-5-6-15)8-10(2)3/h9-10H,4-8,15H2,1-3H3. The second kappa shape index (κ2) is 7.26. The monoisotopic (exact) mass is 254 g/mol. The smallest absolute Gasteiger partial charge is 0.187 e. The van der Waals surface area contributed by atoms with Gasteiger partial charge < -0.3 is 10.6 Å². The number of rotatable bonds is 7. The Morgan fingerprint density at radius 1 is 1.39 bits per heavy atom. The van der Waals surface area contributed by atoms with Crippen LogP contribution in [-0.2, 0) is 6.42 Å². The van der Waals surface area contributed by atoms with E-state index in [0.717, 1.165) is 19.5 Å². The van der Waals surface area contributed by atoms with Gasteiger partial charge in [0.15, 0.2) is 11.6 Å². The molecule has 0 atom stereocenters. The molecule has 0 fully saturated rings. The van der Waals surface area contributed by atoms with Crippen LogP contribution in [0.15, 0.2) is 6.33 Å². The number of aromatic nitrogens is 2. The van der Waals surface area contributed by atoms with E-state index in [1.165, 1.54) is 6.33 Å². The van der Waals surface area contributed by atoms with Gasteiger partial charge in [-0.3, -0.25) is 0 Å². The highest BCUT2D eigenvalue weighted by Crippen LogP contribution is 2.19. The number of nitrogens with two attached hydrogens (primary N) is 1. The normalized spacial score (nSPS) is 11.0. The topological polar surface area (TPSA) is 55.0 Å². The summed E-state index contributed by atoms with van der Waals surface area (Å²) in [4.78, 5) is 10.0. The van der Waals surface area contributed by atoms with Crippen LogP contribution in [0.1, 0.15) is 32.9 Å². The Morgan fingerprint density at radius 2 is 2.11 bits per heavy atom. The van der Waals surface area contributed by atoms with Gasteiger partial charge in [0.1, 0.15) is 6.33 Å². The number of aryl methyl sites for hydroxylation is 1. The third kappa shape index (κ3) is 3.91. The van der Waals surface area contributed by atoms with Crippen molar-refractivity contribution in [1.29, 1.82) is 0 Å². The van der Waals surface area contributed by atoms with Crippen LogP contribution in [0.5, 0.6) is 0 Å². The van der Waals surface area contributed by atoms with Gasteiger partial charge >= 0.3 is 0 Å². The molecule has 0 saturated carbocycles. The maximum Gasteiger partial charge on any atom is 0.187 e. The van der Waals surface area contributed by atoms with E-state index in [-0.39, 0.29) is 5.82 Å². The molecule has 0 aromatic carbocycles. The molecular weight excluding hydrogens is 231 g/mol. The van der Waals surface area contributed by atoms with Crippen LogP contribution in [0, 0.1) is 11.7 Å². The zero-order valence-electron chi connectivity index (χ0n) is 11.5. The van der Waals surface area contributed by atoms with E-state index in [1.54, 1.807) is 0 Å². The van der Waals surface area contributed by atoms with E-state index in [9.17, 15) is 4.39 Å². The van der Waals surface area contributed by atoms with Crippen LogP contribution in [0.4, 0.5) is 10.2 Å². The average molecular weight is 254 g/mol. The number of halogens is 1. The Bertz CT molecular complexity index is 368. The van der Waals surface area contributed by atoms with Crippen molar-refractivity contribution in [1.82, 2.24) is 9.97 Å². The van der Waals surface area contributed by atoms with Gasteiger partial charge in [-0.1, -0.05) is 20.8 Å². The molecule has 0 spiro atoms. The predicted molar refractivity (Wildman–Crippen MR) is 72.1 cm³/mol. The number of hydrogen-bond acceptors (Lipinski definition) is 4. The lowest BCUT2D eigenvalue weighted by atomic mass is 10.2. The van der Waals surface area contributed by atoms with E-state index in [4.69, 9.17) is 5.73 Å². The molecule has 0 aliphatic rings. The van der Waals surface area contributed by atoms with Gasteiger partial charge in [-0.15, -0.1) is 0 Å². The minimum absolute atomic E-state index is 0.294. The van der Waals surface area contributed by atoms with Gasteiger partial charge in [0.05, 0.1) is 5.69 Å². The SMILES string of the molecule is CCc1ncnc(N(CCCN)CC(C)C)c1F. The summed E-state index contributed by atoms with van der Waals surface area (Å²) in [5, 5.41) is 0. The molecule has 2 N–H and O–H groups in total. The summed E-state index contributed by atoms with van der Waals surface area (Å²) in [5.74, 6) is 0.559. The Morgan fingerprint density at radius 3 is 2.67 bits per heavy atom. The quantitative estimate of drug-likeness (QED) is 0.808. The van der Waals surface area contributed by atoms with E-state index < -0.39 is 0 Å². The first-order valence-electron chi connectivity index (χ1n) is 6.54. The van der Waals surface area contributed by atoms with Gasteiger partial charge in [-0.2, -0.15) is 0 Å². The lowest BCUT2D eigenvalue weighted by Crippen LogP contribution is -2.32. The van der Waals surface area contributed by atoms with Crippen LogP contribution in [0.2, 0.25) is 0 Å². The Balaban J connectivity index is 2.96. The highest BCUT2D eigenvalue weighted by molar-refractivity contribution is 5.41. The van der Waals surface area contributed by atoms with Crippen molar-refractivity contribution >= 4 is 5.82 Å². The predicted octanol–water partition coefficient (Wildman–Crippen LogP) is 1.99. The van der Waals surface area contributed by atoms with Gasteiger partial charge in [0, 0.05) is 13.1 Å². The average Bonchev–Trinajstić information content (AvgIpc) is 2.34. The van der Waals surface area contributed by atoms with Crippen molar-refractivity contribution in [2.75, 3.05) is 24.5 Å². The second-order valence-electron chi connectivity index (χ2n) is 4.79. The summed E-state index contributed by atoms with van der Waals surface area (Å²) in [6.45, 7) is 8.21. The molecule has 18 heavy (non-hydrogen) atoms. The summed E-state index contributed by atoms with van der Waals surface area (Å²) in [5.41, 5.74) is 6.00. The van der Waals surface area contributed by atoms with Crippen LogP contribution in [0.3, 0.4) is 0 Å². The molecular formula is C13H23FN4. The minimum Gasteiger partial charge on any atom is -0.354 e. The molecule has 0 saturated heterocycles. The molecule has 0 unspecified atom stereocenters. The van der Waals surface area contributed by atoms with Crippen molar-refractivity contribution in [3.05, 3.63) is 17.8 Å². The number of nitrogens with zero attached hydrogens (tertiary/aromatic N) is 3. The van der Waals surface area contributed by atoms with Gasteiger partial charge in [0.25, 0.3) is 0 Å². The first-order chi connectivity index (χ1) is 8.60. The zero-order chi connectivity index (χ0) is 13.5. The molecule has 102 valence electrons. The van der Waals surface area contributed by atoms with Crippen molar-refractivity contribution in [2.24, 2.45) is 11.7 Å². The highest BCUT2D eigenvalue weighted by atomic mass is 19.1. The number of hydrogen-bond donors (Lipinski definition) is 1. The third-order valence-corrected chi connectivity index (χ3v) is 2.70. The fraction of sp³-hybridized carbons (Fsp3) is 0.692. The maximum atomic E-state index is 14.2. The van der Waals surface area contributed by atoms with Gasteiger partial charge in [0.2, 0.25) is 0 Å². The van der Waals surface area contributed by atoms with Crippen molar-refractivity contribution in [2.45, 2.75) is 33.6 Å². The summed E-state index contributed by atoms with van der Waals surface area (Å²) in [7, 11) is 0. The second-order valence-corrected chi connectivity index (χ2v) is 4.79. The highest BCUT2D eigenvalue weighted by Gasteiger charge is 2.17. The summed E-state index contributed by atoms with van der Waals surface area (Å²) in [6.07, 6.45) is 2.85. The molecule has 1 heterocycles. The third-order valence-electron chi connectivity index (χ3n) is 2.70. The van der Waals surface area contributed by atoms with Crippen LogP contribution in [-0.4, -0.2) is 29.6 Å². The van der Waals surface area contributed by atoms with Crippen LogP contribution in [0.25, 0.3) is 0 Å². The van der Waals surface area contributed by atoms with E-state index >= 15 is 0 Å². The van der Waals surface area contributed by atoms with Crippen LogP contribution >= 0.6 is 0 Å². The molecule has 0 aliphatic carbocycles. The van der Waals surface area contributed by atoms with Gasteiger partial charge in [-0.05, 0) is 25.3 Å². The van der Waals surface area contributed by atoms with Crippen molar-refractivity contribution in [3.63, 3.8) is 0 Å². The minimum atomic E-state index is -0.294. The van der Waals surface area contributed by atoms with E-state index in [0.29, 0.717) is 30.4 Å². The molecule has 0 radical (unpaired) electrons. The summed E-state index contributed by atoms with van der Waals surface area (Å²) < 4.78 is 14.2. The fourth-order valence-electron chi connectivity index (χ4n) is 1.87. The fourth-order valence-corrected chi connectivity index (χ4v) is 1.87. The molecule has 0 aliphatic heterocycles. The zero-order valence-corrected chi connectivity index (χ0v) is 11.5. The lowest BCUT2D eigenvalue weighted by Gasteiger charge is -2.26. The number of anilines is 1. The molecule has 1 rings (SSSR count). The Labute approximate surface area is 108 Å². The van der Waals surface area contributed by atoms with Crippen molar-refractivity contribution < 1.29 is 4.39 Å². The summed E-state index contributed by atoms with van der Waals surface area (Å²) >= 11 is 0. The van der Waals surface area contributed by atoms with Crippen molar-refractivity contribution in [3.8, 4) is 0 Å². The van der Waals surface area contributed by atoms with E-state index in [2.05, 4.69) is 23.8 Å². The molecule has 1 aromatic heterocycles. The van der Waals surface area contributed by atoms with Crippen LogP contribution < -0.4 is 10.6 Å². The molecule has 0 amide bonds. The van der Waals surface area contributed by atoms with E-state index in [1.807, 2.05) is 11.8 Å². The molecule has 5 heteroatoms. The largest absolute Gasteiger partial charge is 0.354 e. The first-order valence-corrected chi connectivity index (χ1v) is 6.54. The molecule has 0 bridgehead atoms. The molecule has 1 aromatic rings. The summed E-state index contributed by atoms with van der Waals surface area (Å²) in [6, 6.07) is 0. The Hall–Kier alpha value is -1.23. The van der Waals surface area contributed by atoms with Gasteiger partial charge in [-0.25, -0.2) is 14.4 Å².